The third kappa shape index (κ3) is 5.79. The third-order valence-corrected chi connectivity index (χ3v) is 6.49. The number of anilines is 1. The molecule has 1 fully saturated rings. The monoisotopic (exact) mass is 418 g/mol. The highest BCUT2D eigenvalue weighted by Gasteiger charge is 2.26. The number of sulfonamides is 1. The van der Waals surface area contributed by atoms with Crippen molar-refractivity contribution in [3.8, 4) is 5.75 Å². The van der Waals surface area contributed by atoms with Crippen LogP contribution >= 0.6 is 0 Å². The number of morpholine rings is 1. The van der Waals surface area contributed by atoms with Gasteiger partial charge < -0.3 is 14.8 Å². The Kier molecular flexibility index (Phi) is 7.24. The number of ether oxygens (including phenoxy) is 2. The second kappa shape index (κ2) is 9.87. The Labute approximate surface area is 171 Å². The highest BCUT2D eigenvalue weighted by atomic mass is 32.2. The summed E-state index contributed by atoms with van der Waals surface area (Å²) in [6.45, 7) is 3.46. The van der Waals surface area contributed by atoms with Gasteiger partial charge in [-0.3, -0.25) is 4.79 Å². The summed E-state index contributed by atoms with van der Waals surface area (Å²) < 4.78 is 37.3. The molecule has 0 bridgehead atoms. The molecule has 0 spiro atoms. The molecule has 1 aliphatic rings. The van der Waals surface area contributed by atoms with Gasteiger partial charge in [0.05, 0.1) is 18.1 Å². The molecule has 0 unspecified atom stereocenters. The van der Waals surface area contributed by atoms with Crippen LogP contribution in [0.25, 0.3) is 0 Å². The maximum absolute atomic E-state index is 12.6. The van der Waals surface area contributed by atoms with Crippen molar-refractivity contribution in [2.75, 3.05) is 38.2 Å². The number of benzene rings is 2. The molecule has 2 aromatic rings. The minimum Gasteiger partial charge on any atom is -0.484 e. The second-order valence-electron chi connectivity index (χ2n) is 6.77. The summed E-state index contributed by atoms with van der Waals surface area (Å²) in [5.41, 5.74) is 1.94. The molecule has 0 saturated carbocycles. The first-order chi connectivity index (χ1) is 14.0. The lowest BCUT2D eigenvalue weighted by molar-refractivity contribution is -0.118. The molecule has 0 atom stereocenters. The van der Waals surface area contributed by atoms with E-state index in [0.717, 1.165) is 12.8 Å². The molecule has 29 heavy (non-hydrogen) atoms. The van der Waals surface area contributed by atoms with Gasteiger partial charge in [0.1, 0.15) is 5.75 Å². The van der Waals surface area contributed by atoms with Gasteiger partial charge in [0, 0.05) is 18.8 Å². The minimum absolute atomic E-state index is 0.160. The first-order valence-corrected chi connectivity index (χ1v) is 11.1. The van der Waals surface area contributed by atoms with Crippen molar-refractivity contribution in [1.82, 2.24) is 4.31 Å². The van der Waals surface area contributed by atoms with Crippen LogP contribution in [-0.4, -0.2) is 51.5 Å². The Morgan fingerprint density at radius 1 is 1.07 bits per heavy atom. The predicted octanol–water partition coefficient (Wildman–Crippen LogP) is 2.68. The van der Waals surface area contributed by atoms with Gasteiger partial charge in [0.2, 0.25) is 10.0 Å². The van der Waals surface area contributed by atoms with Crippen molar-refractivity contribution >= 4 is 21.6 Å². The average Bonchev–Trinajstić information content (AvgIpc) is 2.75. The predicted molar refractivity (Wildman–Crippen MR) is 111 cm³/mol. The van der Waals surface area contributed by atoms with Crippen LogP contribution in [0.3, 0.4) is 0 Å². The van der Waals surface area contributed by atoms with E-state index in [1.807, 2.05) is 24.3 Å². The topological polar surface area (TPSA) is 84.9 Å². The molecule has 0 aromatic heterocycles. The number of nitrogens with one attached hydrogen (secondary N) is 1. The normalized spacial score (nSPS) is 15.1. The van der Waals surface area contributed by atoms with Gasteiger partial charge in [0.15, 0.2) is 6.61 Å². The molecule has 1 aliphatic heterocycles. The van der Waals surface area contributed by atoms with Crippen LogP contribution in [0.1, 0.15) is 18.9 Å². The van der Waals surface area contributed by atoms with E-state index in [2.05, 4.69) is 12.2 Å². The molecule has 0 radical (unpaired) electrons. The molecule has 2 aromatic carbocycles. The molecule has 3 rings (SSSR count). The number of amides is 1. The van der Waals surface area contributed by atoms with Crippen LogP contribution in [0, 0.1) is 0 Å². The zero-order chi connectivity index (χ0) is 20.7. The van der Waals surface area contributed by atoms with Gasteiger partial charge in [-0.15, -0.1) is 0 Å². The quantitative estimate of drug-likeness (QED) is 0.712. The fraction of sp³-hybridized carbons (Fsp3) is 0.381. The fourth-order valence-corrected chi connectivity index (χ4v) is 4.44. The zero-order valence-electron chi connectivity index (χ0n) is 16.5. The van der Waals surface area contributed by atoms with Crippen LogP contribution in [0.4, 0.5) is 5.69 Å². The highest BCUT2D eigenvalue weighted by molar-refractivity contribution is 7.89. The van der Waals surface area contributed by atoms with Crippen molar-refractivity contribution in [3.05, 3.63) is 54.1 Å². The molecule has 7 nitrogen and oxygen atoms in total. The van der Waals surface area contributed by atoms with Crippen molar-refractivity contribution in [2.45, 2.75) is 24.7 Å². The molecule has 156 valence electrons. The first-order valence-electron chi connectivity index (χ1n) is 9.68. The molecule has 0 aliphatic carbocycles. The van der Waals surface area contributed by atoms with Gasteiger partial charge in [-0.25, -0.2) is 8.42 Å². The van der Waals surface area contributed by atoms with E-state index in [-0.39, 0.29) is 17.4 Å². The third-order valence-electron chi connectivity index (χ3n) is 4.58. The van der Waals surface area contributed by atoms with Crippen LogP contribution in [0.5, 0.6) is 5.75 Å². The van der Waals surface area contributed by atoms with Gasteiger partial charge in [-0.05, 0) is 48.4 Å². The van der Waals surface area contributed by atoms with E-state index < -0.39 is 10.0 Å². The van der Waals surface area contributed by atoms with Crippen LogP contribution in [-0.2, 0) is 26.0 Å². The van der Waals surface area contributed by atoms with Gasteiger partial charge in [0.25, 0.3) is 5.91 Å². The highest BCUT2D eigenvalue weighted by Crippen LogP contribution is 2.20. The standard InChI is InChI=1S/C21H26N2O5S/c1-2-3-17-4-6-18(7-5-17)22-21(24)16-28-19-8-10-20(11-9-19)29(25,26)23-12-14-27-15-13-23/h4-11H,2-3,12-16H2,1H3,(H,22,24). The van der Waals surface area contributed by atoms with Crippen LogP contribution < -0.4 is 10.1 Å². The zero-order valence-corrected chi connectivity index (χ0v) is 17.3. The van der Waals surface area contributed by atoms with Crippen LogP contribution in [0.15, 0.2) is 53.4 Å². The summed E-state index contributed by atoms with van der Waals surface area (Å²) in [7, 11) is -3.54. The fourth-order valence-electron chi connectivity index (χ4n) is 3.03. The summed E-state index contributed by atoms with van der Waals surface area (Å²) in [6, 6.07) is 13.8. The Morgan fingerprint density at radius 3 is 2.34 bits per heavy atom. The largest absolute Gasteiger partial charge is 0.484 e. The summed E-state index contributed by atoms with van der Waals surface area (Å²) >= 11 is 0. The number of rotatable bonds is 8. The van der Waals surface area contributed by atoms with Crippen molar-refractivity contribution < 1.29 is 22.7 Å². The summed E-state index contributed by atoms with van der Waals surface area (Å²) in [5, 5.41) is 2.78. The maximum Gasteiger partial charge on any atom is 0.262 e. The lowest BCUT2D eigenvalue weighted by Gasteiger charge is -2.26. The first kappa shape index (κ1) is 21.3. The van der Waals surface area contributed by atoms with E-state index in [1.54, 1.807) is 12.1 Å². The molecule has 1 N–H and O–H groups in total. The Hall–Kier alpha value is -2.42. The second-order valence-corrected chi connectivity index (χ2v) is 8.71. The number of carbonyl (C=O) groups excluding carboxylic acids is 1. The van der Waals surface area contributed by atoms with Gasteiger partial charge in [-0.1, -0.05) is 25.5 Å². The number of carbonyl (C=O) groups is 1. The Morgan fingerprint density at radius 2 is 1.72 bits per heavy atom. The maximum atomic E-state index is 12.6. The summed E-state index contributed by atoms with van der Waals surface area (Å²) in [6.07, 6.45) is 2.08. The number of hydrogen-bond donors (Lipinski definition) is 1. The molecule has 1 heterocycles. The van der Waals surface area contributed by atoms with Crippen molar-refractivity contribution in [2.24, 2.45) is 0 Å². The lowest BCUT2D eigenvalue weighted by atomic mass is 10.1. The SMILES string of the molecule is CCCc1ccc(NC(=O)COc2ccc(S(=O)(=O)N3CCOCC3)cc2)cc1. The average molecular weight is 419 g/mol. The van der Waals surface area contributed by atoms with Crippen molar-refractivity contribution in [3.63, 3.8) is 0 Å². The number of nitrogens with zero attached hydrogens (tertiary/aromatic N) is 1. The Bertz CT molecular complexity index is 905. The smallest absolute Gasteiger partial charge is 0.262 e. The van der Waals surface area contributed by atoms with E-state index in [1.165, 1.54) is 22.0 Å². The van der Waals surface area contributed by atoms with Crippen molar-refractivity contribution in [1.29, 1.82) is 0 Å². The summed E-state index contributed by atoms with van der Waals surface area (Å²) in [4.78, 5) is 12.3. The lowest BCUT2D eigenvalue weighted by Crippen LogP contribution is -2.40. The molecular formula is C21H26N2O5S. The molecule has 8 heteroatoms. The molecule has 1 amide bonds. The van der Waals surface area contributed by atoms with E-state index >= 15 is 0 Å². The number of hydrogen-bond acceptors (Lipinski definition) is 5. The van der Waals surface area contributed by atoms with Gasteiger partial charge in [-0.2, -0.15) is 4.31 Å². The van der Waals surface area contributed by atoms with Gasteiger partial charge >= 0.3 is 0 Å². The van der Waals surface area contributed by atoms with Crippen LogP contribution in [0.2, 0.25) is 0 Å². The number of aryl methyl sites for hydroxylation is 1. The van der Waals surface area contributed by atoms with E-state index in [0.29, 0.717) is 37.7 Å². The molecule has 1 saturated heterocycles. The Balaban J connectivity index is 1.52. The summed E-state index contributed by atoms with van der Waals surface area (Å²) in [5.74, 6) is 0.151. The van der Waals surface area contributed by atoms with E-state index in [9.17, 15) is 13.2 Å². The minimum atomic E-state index is -3.54. The van der Waals surface area contributed by atoms with E-state index in [4.69, 9.17) is 9.47 Å². The molecular weight excluding hydrogens is 392 g/mol.